The monoisotopic (exact) mass is 361 g/mol. The van der Waals surface area contributed by atoms with Crippen LogP contribution in [0.25, 0.3) is 10.1 Å². The molecule has 1 saturated carbocycles. The average molecular weight is 361 g/mol. The Bertz CT molecular complexity index is 888. The van der Waals surface area contributed by atoms with E-state index in [4.69, 9.17) is 0 Å². The summed E-state index contributed by atoms with van der Waals surface area (Å²) in [6.45, 7) is 0. The SMILES string of the molecule is O=C(NN1C(=O)NC2(CCCCC2)C1=O)c1cc2cc(F)ccc2s1. The molecule has 2 aromatic rings. The minimum atomic E-state index is -0.883. The number of halogens is 1. The van der Waals surface area contributed by atoms with Crippen molar-refractivity contribution in [1.82, 2.24) is 15.8 Å². The second kappa shape index (κ2) is 5.80. The maximum absolute atomic E-state index is 13.3. The second-order valence-corrected chi connectivity index (χ2v) is 7.53. The molecule has 0 unspecified atom stereocenters. The summed E-state index contributed by atoms with van der Waals surface area (Å²) in [7, 11) is 0. The van der Waals surface area contributed by atoms with Crippen LogP contribution in [0.1, 0.15) is 41.8 Å². The Morgan fingerprint density at radius 2 is 1.96 bits per heavy atom. The van der Waals surface area contributed by atoms with E-state index in [1.54, 1.807) is 12.1 Å². The maximum Gasteiger partial charge on any atom is 0.344 e. The highest BCUT2D eigenvalue weighted by atomic mass is 32.1. The smallest absolute Gasteiger partial charge is 0.322 e. The van der Waals surface area contributed by atoms with Crippen LogP contribution in [0.5, 0.6) is 0 Å². The molecule has 0 bridgehead atoms. The van der Waals surface area contributed by atoms with Gasteiger partial charge in [-0.1, -0.05) is 19.3 Å². The van der Waals surface area contributed by atoms with Crippen LogP contribution in [0.3, 0.4) is 0 Å². The Balaban J connectivity index is 1.55. The zero-order valence-electron chi connectivity index (χ0n) is 13.3. The summed E-state index contributed by atoms with van der Waals surface area (Å²) in [6.07, 6.45) is 3.96. The molecule has 130 valence electrons. The molecule has 2 N–H and O–H groups in total. The van der Waals surface area contributed by atoms with Gasteiger partial charge in [-0.15, -0.1) is 11.3 Å². The van der Waals surface area contributed by atoms with Crippen molar-refractivity contribution in [2.24, 2.45) is 0 Å². The lowest BCUT2D eigenvalue weighted by Gasteiger charge is -2.30. The van der Waals surface area contributed by atoms with Gasteiger partial charge in [0, 0.05) is 4.70 Å². The molecule has 1 aliphatic heterocycles. The molecule has 1 aliphatic carbocycles. The average Bonchev–Trinajstić information content (AvgIpc) is 3.10. The first-order chi connectivity index (χ1) is 12.0. The molecule has 8 heteroatoms. The highest BCUT2D eigenvalue weighted by Crippen LogP contribution is 2.33. The lowest BCUT2D eigenvalue weighted by Crippen LogP contribution is -2.50. The third-order valence-electron chi connectivity index (χ3n) is 4.78. The lowest BCUT2D eigenvalue weighted by atomic mass is 9.82. The number of rotatable bonds is 2. The van der Waals surface area contributed by atoms with E-state index in [-0.39, 0.29) is 5.82 Å². The van der Waals surface area contributed by atoms with Gasteiger partial charge in [-0.25, -0.2) is 9.18 Å². The fraction of sp³-hybridized carbons (Fsp3) is 0.353. The summed E-state index contributed by atoms with van der Waals surface area (Å²) in [5.74, 6) is -1.35. The number of amides is 4. The van der Waals surface area contributed by atoms with Crippen LogP contribution in [0, 0.1) is 5.82 Å². The molecular weight excluding hydrogens is 345 g/mol. The molecule has 4 amide bonds. The molecule has 0 radical (unpaired) electrons. The van der Waals surface area contributed by atoms with Crippen LogP contribution < -0.4 is 10.7 Å². The Labute approximate surface area is 147 Å². The van der Waals surface area contributed by atoms with E-state index >= 15 is 0 Å². The maximum atomic E-state index is 13.3. The predicted octanol–water partition coefficient (Wildman–Crippen LogP) is 2.94. The molecular formula is C17H16FN3O3S. The number of carbonyl (C=O) groups is 3. The van der Waals surface area contributed by atoms with Crippen LogP contribution in [-0.4, -0.2) is 28.4 Å². The second-order valence-electron chi connectivity index (χ2n) is 6.45. The topological polar surface area (TPSA) is 78.5 Å². The number of hydrogen-bond donors (Lipinski definition) is 2. The number of urea groups is 1. The molecule has 0 atom stereocenters. The van der Waals surface area contributed by atoms with Crippen LogP contribution in [0.2, 0.25) is 0 Å². The normalized spacial score (nSPS) is 19.5. The number of benzene rings is 1. The largest absolute Gasteiger partial charge is 0.344 e. The molecule has 6 nitrogen and oxygen atoms in total. The number of thiophene rings is 1. The van der Waals surface area contributed by atoms with Crippen molar-refractivity contribution in [2.75, 3.05) is 0 Å². The molecule has 1 aromatic carbocycles. The summed E-state index contributed by atoms with van der Waals surface area (Å²) in [5.41, 5.74) is 1.51. The van der Waals surface area contributed by atoms with Gasteiger partial charge in [-0.2, -0.15) is 5.01 Å². The quantitative estimate of drug-likeness (QED) is 0.807. The van der Waals surface area contributed by atoms with E-state index in [2.05, 4.69) is 10.7 Å². The minimum absolute atomic E-state index is 0.311. The molecule has 1 aromatic heterocycles. The van der Waals surface area contributed by atoms with E-state index in [9.17, 15) is 18.8 Å². The lowest BCUT2D eigenvalue weighted by molar-refractivity contribution is -0.134. The first-order valence-electron chi connectivity index (χ1n) is 8.15. The first kappa shape index (κ1) is 16.0. The minimum Gasteiger partial charge on any atom is -0.322 e. The zero-order chi connectivity index (χ0) is 17.6. The van der Waals surface area contributed by atoms with Crippen LogP contribution >= 0.6 is 11.3 Å². The molecule has 2 aliphatic rings. The van der Waals surface area contributed by atoms with E-state index in [1.165, 1.54) is 23.5 Å². The van der Waals surface area contributed by atoms with Gasteiger partial charge < -0.3 is 5.32 Å². The highest BCUT2D eigenvalue weighted by Gasteiger charge is 2.52. The van der Waals surface area contributed by atoms with Crippen molar-refractivity contribution >= 4 is 39.3 Å². The number of hydrazine groups is 1. The highest BCUT2D eigenvalue weighted by molar-refractivity contribution is 7.20. The summed E-state index contributed by atoms with van der Waals surface area (Å²) >= 11 is 1.18. The molecule has 1 spiro atoms. The van der Waals surface area contributed by atoms with Crippen molar-refractivity contribution in [3.05, 3.63) is 35.0 Å². The Kier molecular flexibility index (Phi) is 3.72. The van der Waals surface area contributed by atoms with Gasteiger partial charge >= 0.3 is 6.03 Å². The number of nitrogens with zero attached hydrogens (tertiary/aromatic N) is 1. The molecule has 2 heterocycles. The third kappa shape index (κ3) is 2.66. The molecule has 4 rings (SSSR count). The van der Waals surface area contributed by atoms with Crippen LogP contribution in [0.4, 0.5) is 9.18 Å². The molecule has 1 saturated heterocycles. The van der Waals surface area contributed by atoms with Gasteiger partial charge in [0.1, 0.15) is 11.4 Å². The fourth-order valence-corrected chi connectivity index (χ4v) is 4.43. The Hall–Kier alpha value is -2.48. The zero-order valence-corrected chi connectivity index (χ0v) is 14.1. The first-order valence-corrected chi connectivity index (χ1v) is 8.97. The van der Waals surface area contributed by atoms with Crippen molar-refractivity contribution in [3.8, 4) is 0 Å². The number of carbonyl (C=O) groups excluding carboxylic acids is 3. The molecule has 25 heavy (non-hydrogen) atoms. The standard InChI is InChI=1S/C17H16FN3O3S/c18-11-4-5-12-10(8-11)9-13(25-12)14(22)20-21-15(23)17(19-16(21)24)6-2-1-3-7-17/h4-5,8-9H,1-3,6-7H2,(H,19,24)(H,20,22). The number of hydrogen-bond acceptors (Lipinski definition) is 4. The van der Waals surface area contributed by atoms with Gasteiger partial charge in [0.25, 0.3) is 11.8 Å². The molecule has 2 fully saturated rings. The van der Waals surface area contributed by atoms with E-state index in [0.717, 1.165) is 29.0 Å². The summed E-state index contributed by atoms with van der Waals surface area (Å²) in [4.78, 5) is 37.6. The van der Waals surface area contributed by atoms with E-state index < -0.39 is 23.4 Å². The van der Waals surface area contributed by atoms with Crippen LogP contribution in [-0.2, 0) is 4.79 Å². The summed E-state index contributed by atoms with van der Waals surface area (Å²) in [5, 5.41) is 4.12. The predicted molar refractivity (Wildman–Crippen MR) is 90.4 cm³/mol. The van der Waals surface area contributed by atoms with Gasteiger partial charge in [0.05, 0.1) is 4.88 Å². The van der Waals surface area contributed by atoms with E-state index in [1.807, 2.05) is 0 Å². The van der Waals surface area contributed by atoms with Crippen molar-refractivity contribution in [2.45, 2.75) is 37.6 Å². The van der Waals surface area contributed by atoms with Gasteiger partial charge in [-0.3, -0.25) is 15.0 Å². The van der Waals surface area contributed by atoms with Crippen molar-refractivity contribution in [3.63, 3.8) is 0 Å². The summed E-state index contributed by atoms with van der Waals surface area (Å²) in [6, 6.07) is 5.20. The van der Waals surface area contributed by atoms with Gasteiger partial charge in [0.15, 0.2) is 0 Å². The van der Waals surface area contributed by atoms with Crippen LogP contribution in [0.15, 0.2) is 24.3 Å². The number of nitrogens with one attached hydrogen (secondary N) is 2. The Morgan fingerprint density at radius 1 is 1.20 bits per heavy atom. The van der Waals surface area contributed by atoms with Crippen molar-refractivity contribution < 1.29 is 18.8 Å². The summed E-state index contributed by atoms with van der Waals surface area (Å²) < 4.78 is 14.0. The third-order valence-corrected chi connectivity index (χ3v) is 5.90. The van der Waals surface area contributed by atoms with Crippen molar-refractivity contribution in [1.29, 1.82) is 0 Å². The number of imide groups is 1. The van der Waals surface area contributed by atoms with E-state index in [0.29, 0.717) is 23.1 Å². The van der Waals surface area contributed by atoms with Gasteiger partial charge in [-0.05, 0) is 42.5 Å². The fourth-order valence-electron chi connectivity index (χ4n) is 3.50. The number of fused-ring (bicyclic) bond motifs is 1. The Morgan fingerprint density at radius 3 is 2.72 bits per heavy atom. The van der Waals surface area contributed by atoms with Gasteiger partial charge in [0.2, 0.25) is 0 Å².